The van der Waals surface area contributed by atoms with Crippen molar-refractivity contribution >= 4 is 22.6 Å². The van der Waals surface area contributed by atoms with Crippen molar-refractivity contribution in [1.29, 1.82) is 0 Å². The molecule has 0 saturated heterocycles. The van der Waals surface area contributed by atoms with Gasteiger partial charge in [-0.05, 0) is 52.6 Å². The third-order valence-electron chi connectivity index (χ3n) is 2.81. The summed E-state index contributed by atoms with van der Waals surface area (Å²) >= 11 is 2.16. The average molecular weight is 320 g/mol. The molecule has 0 heterocycles. The van der Waals surface area contributed by atoms with Crippen LogP contribution in [0.2, 0.25) is 0 Å². The summed E-state index contributed by atoms with van der Waals surface area (Å²) in [5.41, 5.74) is 3.93. The standard InChI is InChI=1S/C11H14FIN2/c12-8-3-4-9(10(13)6-8)11(15-14)5-7-1-2-7/h3-4,6-7,11,15H,1-2,5,14H2. The number of benzene rings is 1. The summed E-state index contributed by atoms with van der Waals surface area (Å²) in [6.45, 7) is 0. The van der Waals surface area contributed by atoms with Crippen LogP contribution in [0.4, 0.5) is 4.39 Å². The minimum absolute atomic E-state index is 0.157. The molecule has 1 aromatic carbocycles. The van der Waals surface area contributed by atoms with Crippen molar-refractivity contribution in [3.63, 3.8) is 0 Å². The lowest BCUT2D eigenvalue weighted by Crippen LogP contribution is -2.29. The molecule has 4 heteroatoms. The third-order valence-corrected chi connectivity index (χ3v) is 3.74. The highest BCUT2D eigenvalue weighted by Crippen LogP contribution is 2.38. The van der Waals surface area contributed by atoms with Gasteiger partial charge in [0.15, 0.2) is 0 Å². The van der Waals surface area contributed by atoms with E-state index in [2.05, 4.69) is 28.0 Å². The third kappa shape index (κ3) is 2.89. The van der Waals surface area contributed by atoms with Gasteiger partial charge in [0.25, 0.3) is 0 Å². The Hall–Kier alpha value is -0.200. The summed E-state index contributed by atoms with van der Waals surface area (Å²) in [5.74, 6) is 6.15. The second kappa shape index (κ2) is 4.76. The highest BCUT2D eigenvalue weighted by atomic mass is 127. The van der Waals surface area contributed by atoms with Crippen LogP contribution in [0.3, 0.4) is 0 Å². The van der Waals surface area contributed by atoms with Gasteiger partial charge in [-0.3, -0.25) is 11.3 Å². The molecule has 1 aromatic rings. The molecule has 82 valence electrons. The maximum Gasteiger partial charge on any atom is 0.124 e. The molecule has 0 aromatic heterocycles. The molecule has 1 aliphatic carbocycles. The molecule has 1 atom stereocenters. The van der Waals surface area contributed by atoms with Crippen LogP contribution in [-0.2, 0) is 0 Å². The maximum absolute atomic E-state index is 12.9. The van der Waals surface area contributed by atoms with Crippen LogP contribution >= 0.6 is 22.6 Å². The fourth-order valence-corrected chi connectivity index (χ4v) is 2.61. The first kappa shape index (κ1) is 11.3. The number of halogens is 2. The number of nitrogens with two attached hydrogens (primary N) is 1. The average Bonchev–Trinajstić information content (AvgIpc) is 2.99. The van der Waals surface area contributed by atoms with E-state index in [1.165, 1.54) is 18.9 Å². The van der Waals surface area contributed by atoms with Crippen LogP contribution in [-0.4, -0.2) is 0 Å². The first-order chi connectivity index (χ1) is 7.20. The molecule has 15 heavy (non-hydrogen) atoms. The van der Waals surface area contributed by atoms with E-state index in [-0.39, 0.29) is 11.9 Å². The topological polar surface area (TPSA) is 38.0 Å². The van der Waals surface area contributed by atoms with E-state index in [4.69, 9.17) is 5.84 Å². The van der Waals surface area contributed by atoms with Gasteiger partial charge in [-0.15, -0.1) is 0 Å². The van der Waals surface area contributed by atoms with Gasteiger partial charge in [0.2, 0.25) is 0 Å². The van der Waals surface area contributed by atoms with Crippen LogP contribution in [0.5, 0.6) is 0 Å². The molecule has 0 aliphatic heterocycles. The van der Waals surface area contributed by atoms with Gasteiger partial charge >= 0.3 is 0 Å². The van der Waals surface area contributed by atoms with Crippen LogP contribution in [0.25, 0.3) is 0 Å². The smallest absolute Gasteiger partial charge is 0.124 e. The first-order valence-corrected chi connectivity index (χ1v) is 6.19. The lowest BCUT2D eigenvalue weighted by atomic mass is 10.0. The van der Waals surface area contributed by atoms with E-state index in [0.717, 1.165) is 21.5 Å². The van der Waals surface area contributed by atoms with Crippen molar-refractivity contribution < 1.29 is 4.39 Å². The number of nitrogens with one attached hydrogen (secondary N) is 1. The zero-order valence-electron chi connectivity index (χ0n) is 8.34. The normalized spacial score (nSPS) is 17.8. The highest BCUT2D eigenvalue weighted by Gasteiger charge is 2.26. The van der Waals surface area contributed by atoms with Gasteiger partial charge in [0.1, 0.15) is 5.82 Å². The highest BCUT2D eigenvalue weighted by molar-refractivity contribution is 14.1. The molecule has 3 N–H and O–H groups in total. The number of rotatable bonds is 4. The Morgan fingerprint density at radius 1 is 1.53 bits per heavy atom. The molecule has 1 fully saturated rings. The number of hydrazine groups is 1. The van der Waals surface area contributed by atoms with Crippen LogP contribution < -0.4 is 11.3 Å². The monoisotopic (exact) mass is 320 g/mol. The zero-order valence-corrected chi connectivity index (χ0v) is 10.5. The molecule has 0 radical (unpaired) electrons. The Morgan fingerprint density at radius 2 is 2.27 bits per heavy atom. The molecular formula is C11H14FIN2. The molecular weight excluding hydrogens is 306 g/mol. The van der Waals surface area contributed by atoms with E-state index in [9.17, 15) is 4.39 Å². The number of hydrogen-bond acceptors (Lipinski definition) is 2. The second-order valence-electron chi connectivity index (χ2n) is 4.06. The van der Waals surface area contributed by atoms with Crippen molar-refractivity contribution in [3.8, 4) is 0 Å². The Kier molecular flexibility index (Phi) is 3.58. The summed E-state index contributed by atoms with van der Waals surface area (Å²) in [5, 5.41) is 0. The van der Waals surface area contributed by atoms with Crippen LogP contribution in [0.1, 0.15) is 30.9 Å². The minimum atomic E-state index is -0.189. The van der Waals surface area contributed by atoms with Crippen molar-refractivity contribution in [3.05, 3.63) is 33.1 Å². The zero-order chi connectivity index (χ0) is 10.8. The first-order valence-electron chi connectivity index (χ1n) is 5.12. The van der Waals surface area contributed by atoms with Gasteiger partial charge < -0.3 is 0 Å². The molecule has 1 saturated carbocycles. The van der Waals surface area contributed by atoms with Crippen LogP contribution in [0, 0.1) is 15.3 Å². The lowest BCUT2D eigenvalue weighted by molar-refractivity contribution is 0.484. The van der Waals surface area contributed by atoms with Crippen molar-refractivity contribution in [2.75, 3.05) is 0 Å². The Morgan fingerprint density at radius 3 is 2.80 bits per heavy atom. The molecule has 0 bridgehead atoms. The predicted molar refractivity (Wildman–Crippen MR) is 66.5 cm³/mol. The van der Waals surface area contributed by atoms with Gasteiger partial charge in [-0.2, -0.15) is 0 Å². The summed E-state index contributed by atoms with van der Waals surface area (Å²) in [7, 11) is 0. The molecule has 2 nitrogen and oxygen atoms in total. The fourth-order valence-electron chi connectivity index (χ4n) is 1.76. The van der Waals surface area contributed by atoms with Gasteiger partial charge in [0, 0.05) is 9.61 Å². The molecule has 0 amide bonds. The predicted octanol–water partition coefficient (Wildman–Crippen LogP) is 2.73. The minimum Gasteiger partial charge on any atom is -0.271 e. The van der Waals surface area contributed by atoms with E-state index in [1.54, 1.807) is 6.07 Å². The summed E-state index contributed by atoms with van der Waals surface area (Å²) in [4.78, 5) is 0. The van der Waals surface area contributed by atoms with E-state index in [0.29, 0.717) is 0 Å². The van der Waals surface area contributed by atoms with Crippen LogP contribution in [0.15, 0.2) is 18.2 Å². The summed E-state index contributed by atoms with van der Waals surface area (Å²) in [6, 6.07) is 5.02. The van der Waals surface area contributed by atoms with E-state index in [1.807, 2.05) is 6.07 Å². The second-order valence-corrected chi connectivity index (χ2v) is 5.23. The lowest BCUT2D eigenvalue weighted by Gasteiger charge is -2.17. The SMILES string of the molecule is NNC(CC1CC1)c1ccc(F)cc1I. The maximum atomic E-state index is 12.9. The summed E-state index contributed by atoms with van der Waals surface area (Å²) < 4.78 is 13.9. The van der Waals surface area contributed by atoms with E-state index < -0.39 is 0 Å². The van der Waals surface area contributed by atoms with Crippen molar-refractivity contribution in [2.24, 2.45) is 11.8 Å². The molecule has 1 unspecified atom stereocenters. The largest absolute Gasteiger partial charge is 0.271 e. The molecule has 0 spiro atoms. The molecule has 1 aliphatic rings. The summed E-state index contributed by atoms with van der Waals surface area (Å²) in [6.07, 6.45) is 3.66. The number of hydrogen-bond donors (Lipinski definition) is 2. The van der Waals surface area contributed by atoms with Gasteiger partial charge in [-0.1, -0.05) is 18.9 Å². The quantitative estimate of drug-likeness (QED) is 0.509. The molecule has 2 rings (SSSR count). The Bertz CT molecular complexity index is 352. The van der Waals surface area contributed by atoms with E-state index >= 15 is 0 Å². The fraction of sp³-hybridized carbons (Fsp3) is 0.455. The van der Waals surface area contributed by atoms with Crippen molar-refractivity contribution in [2.45, 2.75) is 25.3 Å². The van der Waals surface area contributed by atoms with Gasteiger partial charge in [-0.25, -0.2) is 4.39 Å². The van der Waals surface area contributed by atoms with Crippen molar-refractivity contribution in [1.82, 2.24) is 5.43 Å². The Balaban J connectivity index is 2.16. The van der Waals surface area contributed by atoms with Gasteiger partial charge in [0.05, 0.1) is 0 Å². The Labute approximate surface area is 103 Å².